The van der Waals surface area contributed by atoms with Gasteiger partial charge in [-0.05, 0) is 19.1 Å². The van der Waals surface area contributed by atoms with Crippen LogP contribution in [-0.2, 0) is 19.5 Å². The lowest BCUT2D eigenvalue weighted by Gasteiger charge is -2.27. The Morgan fingerprint density at radius 3 is 2.65 bits per heavy atom. The van der Waals surface area contributed by atoms with E-state index in [1.54, 1.807) is 6.92 Å². The fourth-order valence-electron chi connectivity index (χ4n) is 1.76. The van der Waals surface area contributed by atoms with Crippen LogP contribution in [0.5, 0.6) is 0 Å². The van der Waals surface area contributed by atoms with E-state index in [2.05, 4.69) is 4.98 Å². The third kappa shape index (κ3) is 3.95. The first-order valence-corrected chi connectivity index (χ1v) is 7.49. The zero-order valence-corrected chi connectivity index (χ0v) is 12.6. The molecule has 114 valence electrons. The Morgan fingerprint density at radius 2 is 2.10 bits per heavy atom. The molecule has 8 heteroatoms. The molecule has 0 fully saturated rings. The van der Waals surface area contributed by atoms with E-state index in [1.807, 2.05) is 0 Å². The lowest BCUT2D eigenvalue weighted by atomic mass is 10.3. The van der Waals surface area contributed by atoms with Crippen LogP contribution in [0, 0.1) is 5.82 Å². The van der Waals surface area contributed by atoms with E-state index in [-0.39, 0.29) is 19.8 Å². The maximum atomic E-state index is 13.7. The summed E-state index contributed by atoms with van der Waals surface area (Å²) in [5, 5.41) is -0.584. The van der Waals surface area contributed by atoms with Crippen LogP contribution in [-0.4, -0.2) is 57.7 Å². The molecule has 0 N–H and O–H groups in total. The van der Waals surface area contributed by atoms with E-state index >= 15 is 0 Å². The van der Waals surface area contributed by atoms with Crippen molar-refractivity contribution in [2.45, 2.75) is 18.0 Å². The van der Waals surface area contributed by atoms with E-state index in [4.69, 9.17) is 9.47 Å². The van der Waals surface area contributed by atoms with Crippen LogP contribution < -0.4 is 0 Å². The van der Waals surface area contributed by atoms with Gasteiger partial charge in [-0.2, -0.15) is 4.31 Å². The Bertz CT molecular complexity index is 524. The minimum atomic E-state index is -4.04. The minimum absolute atomic E-state index is 0.0966. The number of rotatable bonds is 8. The van der Waals surface area contributed by atoms with E-state index < -0.39 is 26.9 Å². The van der Waals surface area contributed by atoms with E-state index in [1.165, 1.54) is 26.5 Å². The molecule has 0 radical (unpaired) electrons. The number of aromatic nitrogens is 1. The molecule has 0 bridgehead atoms. The van der Waals surface area contributed by atoms with Crippen molar-refractivity contribution in [3.8, 4) is 0 Å². The van der Waals surface area contributed by atoms with Gasteiger partial charge in [0.1, 0.15) is 0 Å². The first-order chi connectivity index (χ1) is 9.45. The molecule has 0 aromatic carbocycles. The van der Waals surface area contributed by atoms with Crippen LogP contribution in [0.25, 0.3) is 0 Å². The Balaban J connectivity index is 3.13. The molecular formula is C12H19FN2O4S. The van der Waals surface area contributed by atoms with E-state index in [0.29, 0.717) is 0 Å². The average Bonchev–Trinajstić information content (AvgIpc) is 2.39. The lowest BCUT2D eigenvalue weighted by Crippen LogP contribution is -2.43. The Labute approximate surface area is 118 Å². The molecule has 1 aromatic rings. The number of pyridine rings is 1. The van der Waals surface area contributed by atoms with Gasteiger partial charge >= 0.3 is 0 Å². The summed E-state index contributed by atoms with van der Waals surface area (Å²) in [7, 11) is -1.10. The summed E-state index contributed by atoms with van der Waals surface area (Å²) >= 11 is 0. The van der Waals surface area contributed by atoms with Gasteiger partial charge in [-0.15, -0.1) is 0 Å². The highest BCUT2D eigenvalue weighted by Gasteiger charge is 2.32. The van der Waals surface area contributed by atoms with Crippen molar-refractivity contribution in [3.05, 3.63) is 24.1 Å². The molecular weight excluding hydrogens is 287 g/mol. The van der Waals surface area contributed by atoms with Crippen LogP contribution in [0.3, 0.4) is 0 Å². The molecule has 0 spiro atoms. The molecule has 0 amide bonds. The van der Waals surface area contributed by atoms with Crippen molar-refractivity contribution < 1.29 is 22.3 Å². The summed E-state index contributed by atoms with van der Waals surface area (Å²) in [5.41, 5.74) is 0. The van der Waals surface area contributed by atoms with Gasteiger partial charge in [-0.3, -0.25) is 0 Å². The maximum absolute atomic E-state index is 13.7. The fraction of sp³-hybridized carbons (Fsp3) is 0.583. The Kier molecular flexibility index (Phi) is 6.47. The molecule has 1 rings (SSSR count). The molecule has 0 saturated heterocycles. The molecule has 0 aliphatic carbocycles. The van der Waals surface area contributed by atoms with Crippen molar-refractivity contribution in [3.63, 3.8) is 0 Å². The summed E-state index contributed by atoms with van der Waals surface area (Å²) in [6.45, 7) is 2.16. The topological polar surface area (TPSA) is 68.7 Å². The Hall–Kier alpha value is -1.09. The lowest BCUT2D eigenvalue weighted by molar-refractivity contribution is 0.118. The molecule has 0 aliphatic heterocycles. The molecule has 6 nitrogen and oxygen atoms in total. The van der Waals surface area contributed by atoms with Gasteiger partial charge in [0.05, 0.1) is 13.2 Å². The predicted octanol–water partition coefficient (Wildman–Crippen LogP) is 0.893. The normalized spacial score (nSPS) is 13.7. The van der Waals surface area contributed by atoms with Gasteiger partial charge in [0, 0.05) is 33.0 Å². The first kappa shape index (κ1) is 17.0. The maximum Gasteiger partial charge on any atom is 0.263 e. The molecule has 1 heterocycles. The van der Waals surface area contributed by atoms with Crippen LogP contribution in [0.4, 0.5) is 4.39 Å². The number of methoxy groups -OCH3 is 2. The van der Waals surface area contributed by atoms with Crippen molar-refractivity contribution >= 4 is 10.0 Å². The molecule has 1 aromatic heterocycles. The van der Waals surface area contributed by atoms with Crippen molar-refractivity contribution in [2.24, 2.45) is 0 Å². The van der Waals surface area contributed by atoms with Crippen molar-refractivity contribution in [1.82, 2.24) is 9.29 Å². The van der Waals surface area contributed by atoms with E-state index in [9.17, 15) is 12.8 Å². The van der Waals surface area contributed by atoms with Gasteiger partial charge in [0.15, 0.2) is 5.82 Å². The standard InChI is InChI=1S/C12H19FN2O4S/c1-10(9-19-3)15(7-8-18-2)20(16,17)12-11(13)5-4-6-14-12/h4-6,10H,7-9H2,1-3H3. The third-order valence-corrected chi connectivity index (χ3v) is 4.64. The van der Waals surface area contributed by atoms with Gasteiger partial charge in [0.2, 0.25) is 5.03 Å². The quantitative estimate of drug-likeness (QED) is 0.713. The van der Waals surface area contributed by atoms with Crippen LogP contribution in [0.2, 0.25) is 0 Å². The molecule has 20 heavy (non-hydrogen) atoms. The third-order valence-electron chi connectivity index (χ3n) is 2.69. The second-order valence-corrected chi connectivity index (χ2v) is 6.01. The first-order valence-electron chi connectivity index (χ1n) is 6.05. The van der Waals surface area contributed by atoms with Gasteiger partial charge < -0.3 is 9.47 Å². The number of ether oxygens (including phenoxy) is 2. The largest absolute Gasteiger partial charge is 0.383 e. The predicted molar refractivity (Wildman–Crippen MR) is 71.3 cm³/mol. The zero-order valence-electron chi connectivity index (χ0n) is 11.7. The van der Waals surface area contributed by atoms with Gasteiger partial charge in [-0.25, -0.2) is 17.8 Å². The highest BCUT2D eigenvalue weighted by Crippen LogP contribution is 2.18. The van der Waals surface area contributed by atoms with Crippen LogP contribution >= 0.6 is 0 Å². The number of hydrogen-bond acceptors (Lipinski definition) is 5. The number of sulfonamides is 1. The second kappa shape index (κ2) is 7.63. The smallest absolute Gasteiger partial charge is 0.263 e. The molecule has 0 saturated carbocycles. The second-order valence-electron chi connectivity index (χ2n) is 4.20. The summed E-state index contributed by atoms with van der Waals surface area (Å²) in [6.07, 6.45) is 1.24. The number of hydrogen-bond donors (Lipinski definition) is 0. The summed E-state index contributed by atoms with van der Waals surface area (Å²) in [6, 6.07) is 1.95. The average molecular weight is 306 g/mol. The number of halogens is 1. The molecule has 1 atom stereocenters. The molecule has 0 aliphatic rings. The Morgan fingerprint density at radius 1 is 1.40 bits per heavy atom. The zero-order chi connectivity index (χ0) is 15.2. The van der Waals surface area contributed by atoms with Crippen molar-refractivity contribution in [1.29, 1.82) is 0 Å². The molecule has 1 unspecified atom stereocenters. The fourth-order valence-corrected chi connectivity index (χ4v) is 3.34. The summed E-state index contributed by atoms with van der Waals surface area (Å²) in [4.78, 5) is 3.64. The monoisotopic (exact) mass is 306 g/mol. The van der Waals surface area contributed by atoms with Crippen LogP contribution in [0.15, 0.2) is 23.4 Å². The van der Waals surface area contributed by atoms with Gasteiger partial charge in [-0.1, -0.05) is 0 Å². The SMILES string of the molecule is COCCN(C(C)COC)S(=O)(=O)c1ncccc1F. The highest BCUT2D eigenvalue weighted by atomic mass is 32.2. The van der Waals surface area contributed by atoms with E-state index in [0.717, 1.165) is 10.4 Å². The summed E-state index contributed by atoms with van der Waals surface area (Å²) in [5.74, 6) is -0.875. The summed E-state index contributed by atoms with van der Waals surface area (Å²) < 4.78 is 49.7. The van der Waals surface area contributed by atoms with Gasteiger partial charge in [0.25, 0.3) is 10.0 Å². The minimum Gasteiger partial charge on any atom is -0.383 e. The van der Waals surface area contributed by atoms with Crippen LogP contribution in [0.1, 0.15) is 6.92 Å². The van der Waals surface area contributed by atoms with Crippen molar-refractivity contribution in [2.75, 3.05) is 34.0 Å². The number of nitrogens with zero attached hydrogens (tertiary/aromatic N) is 2. The highest BCUT2D eigenvalue weighted by molar-refractivity contribution is 7.89.